The second-order valence-corrected chi connectivity index (χ2v) is 7.28. The van der Waals surface area contributed by atoms with Crippen LogP contribution in [0, 0.1) is 0 Å². The predicted octanol–water partition coefficient (Wildman–Crippen LogP) is 1.13. The third kappa shape index (κ3) is 3.89. The van der Waals surface area contributed by atoms with E-state index in [1.165, 1.54) is 0 Å². The number of hydrogen-bond acceptors (Lipinski definition) is 8. The average Bonchev–Trinajstić information content (AvgIpc) is 3.55. The van der Waals surface area contributed by atoms with E-state index in [0.717, 1.165) is 17.9 Å². The molecule has 0 spiro atoms. The summed E-state index contributed by atoms with van der Waals surface area (Å²) < 4.78 is 8.50. The highest BCUT2D eigenvalue weighted by Gasteiger charge is 2.27. The summed E-state index contributed by atoms with van der Waals surface area (Å²) in [5.74, 6) is 1.29. The van der Waals surface area contributed by atoms with Gasteiger partial charge in [0.2, 0.25) is 11.9 Å². The molecule has 3 aromatic heterocycles. The maximum absolute atomic E-state index is 12.5. The number of carbonyl (C=O) groups is 1. The molecule has 1 aliphatic heterocycles. The Bertz CT molecular complexity index is 1190. The maximum Gasteiger partial charge on any atom is 0.244 e. The molecular formula is C20H21N9O2. The fraction of sp³-hybridized carbons (Fsp3) is 0.300. The van der Waals surface area contributed by atoms with Gasteiger partial charge in [-0.25, -0.2) is 4.98 Å². The van der Waals surface area contributed by atoms with Gasteiger partial charge in [-0.15, -0.1) is 5.10 Å². The Balaban J connectivity index is 1.29. The summed E-state index contributed by atoms with van der Waals surface area (Å²) in [5.41, 5.74) is 2.03. The van der Waals surface area contributed by atoms with Crippen molar-refractivity contribution >= 4 is 23.0 Å². The van der Waals surface area contributed by atoms with E-state index < -0.39 is 0 Å². The molecule has 0 unspecified atom stereocenters. The minimum absolute atomic E-state index is 0.0474. The van der Waals surface area contributed by atoms with Gasteiger partial charge >= 0.3 is 0 Å². The van der Waals surface area contributed by atoms with E-state index in [2.05, 4.69) is 30.7 Å². The van der Waals surface area contributed by atoms with E-state index in [1.54, 1.807) is 41.1 Å². The monoisotopic (exact) mass is 419 g/mol. The standard InChI is InChI=1S/C20H21N9O2/c1-31-16-5-3-15(4-6-16)29-19-17(25-26-29)11-21-20(24-19)23-14-7-10-27(12-14)18(30)13-28-9-2-8-22-28/h2-6,8-9,11,14H,7,10,12-13H2,1H3,(H,21,23,24)/t14-/m1/s1. The second kappa shape index (κ2) is 8.01. The van der Waals surface area contributed by atoms with Gasteiger partial charge in [0.1, 0.15) is 12.3 Å². The molecule has 4 heterocycles. The Morgan fingerprint density at radius 1 is 1.29 bits per heavy atom. The lowest BCUT2D eigenvalue weighted by Crippen LogP contribution is -2.34. The molecule has 1 amide bonds. The number of fused-ring (bicyclic) bond motifs is 1. The number of aromatic nitrogens is 7. The number of methoxy groups -OCH3 is 1. The van der Waals surface area contributed by atoms with E-state index in [0.29, 0.717) is 30.2 Å². The van der Waals surface area contributed by atoms with Crippen LogP contribution in [0.5, 0.6) is 5.75 Å². The Labute approximate surface area is 177 Å². The SMILES string of the molecule is COc1ccc(-n2nnc3cnc(N[C@@H]4CCN(C(=O)Cn5cccn5)C4)nc32)cc1. The van der Waals surface area contributed by atoms with Crippen LogP contribution in [-0.4, -0.2) is 71.8 Å². The first kappa shape index (κ1) is 19.0. The van der Waals surface area contributed by atoms with Crippen LogP contribution in [-0.2, 0) is 11.3 Å². The Hall–Kier alpha value is -4.02. The van der Waals surface area contributed by atoms with E-state index in [4.69, 9.17) is 4.74 Å². The highest BCUT2D eigenvalue weighted by molar-refractivity contribution is 5.76. The van der Waals surface area contributed by atoms with E-state index in [1.807, 2.05) is 29.2 Å². The van der Waals surface area contributed by atoms with Crippen LogP contribution >= 0.6 is 0 Å². The van der Waals surface area contributed by atoms with Crippen molar-refractivity contribution < 1.29 is 9.53 Å². The molecule has 0 saturated carbocycles. The van der Waals surface area contributed by atoms with Gasteiger partial charge in [0, 0.05) is 31.5 Å². The highest BCUT2D eigenvalue weighted by Crippen LogP contribution is 2.19. The molecule has 5 rings (SSSR count). The normalized spacial score (nSPS) is 16.0. The van der Waals surface area contributed by atoms with Gasteiger partial charge < -0.3 is 15.0 Å². The molecule has 1 saturated heterocycles. The predicted molar refractivity (Wildman–Crippen MR) is 112 cm³/mol. The fourth-order valence-corrected chi connectivity index (χ4v) is 3.61. The van der Waals surface area contributed by atoms with Gasteiger partial charge in [0.05, 0.1) is 19.0 Å². The molecule has 11 heteroatoms. The summed E-state index contributed by atoms with van der Waals surface area (Å²) in [5, 5.41) is 15.8. The molecule has 158 valence electrons. The second-order valence-electron chi connectivity index (χ2n) is 7.28. The fourth-order valence-electron chi connectivity index (χ4n) is 3.61. The Morgan fingerprint density at radius 3 is 2.94 bits per heavy atom. The summed E-state index contributed by atoms with van der Waals surface area (Å²) in [6.45, 7) is 1.53. The van der Waals surface area contributed by atoms with Crippen LogP contribution in [0.15, 0.2) is 48.9 Å². The number of ether oxygens (including phenoxy) is 1. The summed E-state index contributed by atoms with van der Waals surface area (Å²) in [7, 11) is 1.63. The van der Waals surface area contributed by atoms with Crippen LogP contribution in [0.3, 0.4) is 0 Å². The van der Waals surface area contributed by atoms with Crippen molar-refractivity contribution in [1.29, 1.82) is 0 Å². The van der Waals surface area contributed by atoms with Gasteiger partial charge in [-0.2, -0.15) is 14.8 Å². The summed E-state index contributed by atoms with van der Waals surface area (Å²) >= 11 is 0. The zero-order chi connectivity index (χ0) is 21.2. The van der Waals surface area contributed by atoms with Gasteiger partial charge in [-0.05, 0) is 36.8 Å². The lowest BCUT2D eigenvalue weighted by Gasteiger charge is -2.17. The van der Waals surface area contributed by atoms with Crippen molar-refractivity contribution in [1.82, 2.24) is 39.6 Å². The van der Waals surface area contributed by atoms with Crippen molar-refractivity contribution in [2.24, 2.45) is 0 Å². The van der Waals surface area contributed by atoms with Crippen molar-refractivity contribution in [2.45, 2.75) is 19.0 Å². The van der Waals surface area contributed by atoms with Crippen LogP contribution in [0.2, 0.25) is 0 Å². The zero-order valence-electron chi connectivity index (χ0n) is 16.9. The quantitative estimate of drug-likeness (QED) is 0.494. The number of carbonyl (C=O) groups excluding carboxylic acids is 1. The van der Waals surface area contributed by atoms with Crippen molar-refractivity contribution in [2.75, 3.05) is 25.5 Å². The molecule has 1 fully saturated rings. The number of anilines is 1. The Morgan fingerprint density at radius 2 is 2.16 bits per heavy atom. The van der Waals surface area contributed by atoms with Crippen LogP contribution in [0.4, 0.5) is 5.95 Å². The maximum atomic E-state index is 12.5. The molecule has 0 aliphatic carbocycles. The lowest BCUT2D eigenvalue weighted by molar-refractivity contribution is -0.130. The van der Waals surface area contributed by atoms with E-state index >= 15 is 0 Å². The largest absolute Gasteiger partial charge is 0.497 e. The summed E-state index contributed by atoms with van der Waals surface area (Å²) in [4.78, 5) is 23.3. The number of benzene rings is 1. The van der Waals surface area contributed by atoms with Gasteiger partial charge in [-0.3, -0.25) is 9.48 Å². The van der Waals surface area contributed by atoms with E-state index in [9.17, 15) is 4.79 Å². The van der Waals surface area contributed by atoms with Gasteiger partial charge in [0.25, 0.3) is 0 Å². The number of nitrogens with zero attached hydrogens (tertiary/aromatic N) is 8. The summed E-state index contributed by atoms with van der Waals surface area (Å²) in [6, 6.07) is 9.38. The first-order chi connectivity index (χ1) is 15.2. The molecule has 11 nitrogen and oxygen atoms in total. The molecule has 0 radical (unpaired) electrons. The van der Waals surface area contributed by atoms with Crippen molar-refractivity contribution in [3.63, 3.8) is 0 Å². The van der Waals surface area contributed by atoms with Crippen LogP contribution < -0.4 is 10.1 Å². The highest BCUT2D eigenvalue weighted by atomic mass is 16.5. The van der Waals surface area contributed by atoms with Crippen LogP contribution in [0.25, 0.3) is 16.9 Å². The smallest absolute Gasteiger partial charge is 0.244 e. The molecule has 1 atom stereocenters. The topological polar surface area (TPSA) is 116 Å². The van der Waals surface area contributed by atoms with E-state index in [-0.39, 0.29) is 18.5 Å². The zero-order valence-corrected chi connectivity index (χ0v) is 16.9. The summed E-state index contributed by atoms with van der Waals surface area (Å²) in [6.07, 6.45) is 5.92. The molecule has 1 aromatic carbocycles. The molecular weight excluding hydrogens is 398 g/mol. The molecule has 0 bridgehead atoms. The van der Waals surface area contributed by atoms with Gasteiger partial charge in [0.15, 0.2) is 11.2 Å². The van der Waals surface area contributed by atoms with Gasteiger partial charge in [-0.1, -0.05) is 5.21 Å². The molecule has 1 aliphatic rings. The number of nitrogens with one attached hydrogen (secondary N) is 1. The lowest BCUT2D eigenvalue weighted by atomic mass is 10.3. The molecule has 4 aromatic rings. The molecule has 31 heavy (non-hydrogen) atoms. The minimum Gasteiger partial charge on any atom is -0.497 e. The third-order valence-electron chi connectivity index (χ3n) is 5.24. The van der Waals surface area contributed by atoms with Crippen LogP contribution in [0.1, 0.15) is 6.42 Å². The first-order valence-electron chi connectivity index (χ1n) is 9.94. The number of rotatable bonds is 6. The first-order valence-corrected chi connectivity index (χ1v) is 9.94. The number of hydrogen-bond donors (Lipinski definition) is 1. The molecule has 1 N–H and O–H groups in total. The Kier molecular flexibility index (Phi) is 4.90. The average molecular weight is 419 g/mol. The van der Waals surface area contributed by atoms with Crippen molar-refractivity contribution in [3.05, 3.63) is 48.9 Å². The number of amides is 1. The number of likely N-dealkylation sites (tertiary alicyclic amines) is 1. The van der Waals surface area contributed by atoms with Crippen molar-refractivity contribution in [3.8, 4) is 11.4 Å². The minimum atomic E-state index is 0.0474. The third-order valence-corrected chi connectivity index (χ3v) is 5.24.